The lowest BCUT2D eigenvalue weighted by Gasteiger charge is -2.33. The number of halogens is 2. The van der Waals surface area contributed by atoms with Gasteiger partial charge in [-0.25, -0.2) is 8.78 Å². The summed E-state index contributed by atoms with van der Waals surface area (Å²) in [5.41, 5.74) is 4.64. The van der Waals surface area contributed by atoms with Crippen molar-refractivity contribution < 1.29 is 13.6 Å². The van der Waals surface area contributed by atoms with Crippen LogP contribution in [0, 0.1) is 11.6 Å². The van der Waals surface area contributed by atoms with Gasteiger partial charge in [-0.05, 0) is 32.6 Å². The number of benzene rings is 1. The minimum Gasteiger partial charge on any atom is -0.307 e. The molecule has 5 heteroatoms. The van der Waals surface area contributed by atoms with E-state index in [9.17, 15) is 13.6 Å². The smallest absolute Gasteiger partial charge is 0.197 e. The van der Waals surface area contributed by atoms with Gasteiger partial charge in [-0.2, -0.15) is 0 Å². The first-order valence-electron chi connectivity index (χ1n) is 5.28. The quantitative estimate of drug-likeness (QED) is 0.646. The summed E-state index contributed by atoms with van der Waals surface area (Å²) >= 11 is 0. The second kappa shape index (κ2) is 4.89. The highest BCUT2D eigenvalue weighted by Crippen LogP contribution is 2.19. The molecule has 0 bridgehead atoms. The third-order valence-electron chi connectivity index (χ3n) is 2.85. The van der Waals surface area contributed by atoms with Gasteiger partial charge < -0.3 is 5.73 Å². The van der Waals surface area contributed by atoms with Gasteiger partial charge in [0.15, 0.2) is 5.78 Å². The Labute approximate surface area is 99.2 Å². The average molecular weight is 242 g/mol. The Kier molecular flexibility index (Phi) is 3.95. The monoisotopic (exact) mass is 242 g/mol. The van der Waals surface area contributed by atoms with E-state index in [1.54, 1.807) is 21.0 Å². The van der Waals surface area contributed by atoms with Gasteiger partial charge in [0.25, 0.3) is 0 Å². The van der Waals surface area contributed by atoms with Crippen LogP contribution in [-0.4, -0.2) is 30.4 Å². The van der Waals surface area contributed by atoms with E-state index in [0.717, 1.165) is 18.2 Å². The molecule has 0 fully saturated rings. The molecule has 17 heavy (non-hydrogen) atoms. The first-order chi connectivity index (χ1) is 7.81. The van der Waals surface area contributed by atoms with Crippen LogP contribution in [0.15, 0.2) is 18.2 Å². The Morgan fingerprint density at radius 1 is 1.29 bits per heavy atom. The lowest BCUT2D eigenvalue weighted by molar-refractivity contribution is 0.0681. The van der Waals surface area contributed by atoms with Gasteiger partial charge in [0, 0.05) is 11.6 Å². The Morgan fingerprint density at radius 3 is 2.12 bits per heavy atom. The summed E-state index contributed by atoms with van der Waals surface area (Å²) in [4.78, 5) is 13.7. The average Bonchev–Trinajstić information content (AvgIpc) is 2.25. The zero-order valence-corrected chi connectivity index (χ0v) is 10.1. The third kappa shape index (κ3) is 2.68. The first kappa shape index (κ1) is 13.7. The van der Waals surface area contributed by atoms with E-state index in [2.05, 4.69) is 0 Å². The van der Waals surface area contributed by atoms with E-state index >= 15 is 0 Å². The van der Waals surface area contributed by atoms with Crippen molar-refractivity contribution in [1.82, 2.24) is 4.90 Å². The van der Waals surface area contributed by atoms with Gasteiger partial charge in [-0.15, -0.1) is 0 Å². The van der Waals surface area contributed by atoms with Crippen LogP contribution in [0.1, 0.15) is 23.7 Å². The number of nitrogens with zero attached hydrogens (tertiary/aromatic N) is 1. The number of ketones is 1. The standard InChI is InChI=1S/C12H16F2N2O/c1-4-12(15,16(2)3)11(17)8-5-9(13)7-10(14)6-8/h5-7H,4,15H2,1-3H3. The topological polar surface area (TPSA) is 46.3 Å². The largest absolute Gasteiger partial charge is 0.307 e. The van der Waals surface area contributed by atoms with Gasteiger partial charge in [0.1, 0.15) is 17.3 Å². The molecule has 1 rings (SSSR count). The van der Waals surface area contributed by atoms with Crippen LogP contribution in [0.4, 0.5) is 8.78 Å². The zero-order chi connectivity index (χ0) is 13.2. The molecule has 3 nitrogen and oxygen atoms in total. The molecule has 0 heterocycles. The van der Waals surface area contributed by atoms with Crippen LogP contribution < -0.4 is 5.73 Å². The van der Waals surface area contributed by atoms with Crippen LogP contribution in [0.25, 0.3) is 0 Å². The van der Waals surface area contributed by atoms with Gasteiger partial charge >= 0.3 is 0 Å². The van der Waals surface area contributed by atoms with Crippen molar-refractivity contribution in [2.24, 2.45) is 5.73 Å². The van der Waals surface area contributed by atoms with Crippen molar-refractivity contribution in [2.75, 3.05) is 14.1 Å². The number of Topliss-reactive ketones (excluding diaryl/α,β-unsaturated/α-hetero) is 1. The number of hydrogen-bond donors (Lipinski definition) is 1. The molecular formula is C12H16F2N2O. The maximum Gasteiger partial charge on any atom is 0.197 e. The van der Waals surface area contributed by atoms with Crippen molar-refractivity contribution in [3.8, 4) is 0 Å². The van der Waals surface area contributed by atoms with Crippen molar-refractivity contribution in [3.63, 3.8) is 0 Å². The van der Waals surface area contributed by atoms with E-state index in [1.807, 2.05) is 0 Å². The molecule has 0 aliphatic carbocycles. The van der Waals surface area contributed by atoms with E-state index in [-0.39, 0.29) is 5.56 Å². The first-order valence-corrected chi connectivity index (χ1v) is 5.28. The highest BCUT2D eigenvalue weighted by Gasteiger charge is 2.35. The molecule has 0 spiro atoms. The van der Waals surface area contributed by atoms with E-state index in [1.165, 1.54) is 4.90 Å². The van der Waals surface area contributed by atoms with E-state index in [0.29, 0.717) is 6.42 Å². The van der Waals surface area contributed by atoms with Crippen molar-refractivity contribution >= 4 is 5.78 Å². The van der Waals surface area contributed by atoms with Crippen LogP contribution in [0.2, 0.25) is 0 Å². The molecular weight excluding hydrogens is 226 g/mol. The van der Waals surface area contributed by atoms with Crippen molar-refractivity contribution in [2.45, 2.75) is 19.0 Å². The molecule has 0 radical (unpaired) electrons. The summed E-state index contributed by atoms with van der Waals surface area (Å²) < 4.78 is 26.1. The summed E-state index contributed by atoms with van der Waals surface area (Å²) in [6.45, 7) is 1.74. The molecule has 0 saturated heterocycles. The zero-order valence-electron chi connectivity index (χ0n) is 10.1. The minimum absolute atomic E-state index is 0.0550. The molecule has 1 unspecified atom stereocenters. The number of carbonyl (C=O) groups excluding carboxylic acids is 1. The minimum atomic E-state index is -1.25. The number of nitrogens with two attached hydrogens (primary N) is 1. The fraction of sp³-hybridized carbons (Fsp3) is 0.417. The molecule has 0 aliphatic heterocycles. The van der Waals surface area contributed by atoms with Gasteiger partial charge in [-0.3, -0.25) is 9.69 Å². The summed E-state index contributed by atoms with van der Waals surface area (Å²) in [5, 5.41) is 0. The van der Waals surface area contributed by atoms with Gasteiger partial charge in [0.2, 0.25) is 0 Å². The van der Waals surface area contributed by atoms with Crippen LogP contribution >= 0.6 is 0 Å². The highest BCUT2D eigenvalue weighted by molar-refractivity contribution is 6.02. The normalized spacial score (nSPS) is 14.8. The molecule has 0 aliphatic rings. The van der Waals surface area contributed by atoms with E-state index in [4.69, 9.17) is 5.73 Å². The summed E-state index contributed by atoms with van der Waals surface area (Å²) in [6.07, 6.45) is 0.344. The maximum atomic E-state index is 13.0. The molecule has 1 aromatic rings. The number of rotatable bonds is 4. The predicted octanol–water partition coefficient (Wildman–Crippen LogP) is 1.77. The van der Waals surface area contributed by atoms with Crippen LogP contribution in [0.5, 0.6) is 0 Å². The predicted molar refractivity (Wildman–Crippen MR) is 61.6 cm³/mol. The van der Waals surface area contributed by atoms with Crippen LogP contribution in [0.3, 0.4) is 0 Å². The number of carbonyl (C=O) groups is 1. The Morgan fingerprint density at radius 2 is 1.76 bits per heavy atom. The second-order valence-electron chi connectivity index (χ2n) is 4.16. The Hall–Kier alpha value is -1.33. The van der Waals surface area contributed by atoms with Crippen LogP contribution in [-0.2, 0) is 0 Å². The summed E-state index contributed by atoms with van der Waals surface area (Å²) in [5.74, 6) is -2.07. The van der Waals surface area contributed by atoms with Crippen molar-refractivity contribution in [1.29, 1.82) is 0 Å². The molecule has 1 atom stereocenters. The number of hydrogen-bond acceptors (Lipinski definition) is 3. The second-order valence-corrected chi connectivity index (χ2v) is 4.16. The fourth-order valence-electron chi connectivity index (χ4n) is 1.61. The van der Waals surface area contributed by atoms with Crippen molar-refractivity contribution in [3.05, 3.63) is 35.4 Å². The molecule has 0 aromatic heterocycles. The molecule has 0 amide bonds. The summed E-state index contributed by atoms with van der Waals surface area (Å²) in [6, 6.07) is 2.70. The van der Waals surface area contributed by atoms with Gasteiger partial charge in [-0.1, -0.05) is 6.92 Å². The molecule has 94 valence electrons. The molecule has 2 N–H and O–H groups in total. The lowest BCUT2D eigenvalue weighted by Crippen LogP contribution is -2.58. The highest BCUT2D eigenvalue weighted by atomic mass is 19.1. The molecule has 0 saturated carbocycles. The van der Waals surface area contributed by atoms with Gasteiger partial charge in [0.05, 0.1) is 0 Å². The SMILES string of the molecule is CCC(N)(C(=O)c1cc(F)cc(F)c1)N(C)C. The van der Waals surface area contributed by atoms with E-state index < -0.39 is 23.1 Å². The Balaban J connectivity index is 3.19. The fourth-order valence-corrected chi connectivity index (χ4v) is 1.61. The summed E-state index contributed by atoms with van der Waals surface area (Å²) in [7, 11) is 3.30. The molecule has 1 aromatic carbocycles. The lowest BCUT2D eigenvalue weighted by atomic mass is 9.95. The third-order valence-corrected chi connectivity index (χ3v) is 2.85. The Bertz CT molecular complexity index is 414. The number of likely N-dealkylation sites (N-methyl/N-ethyl adjacent to an activating group) is 1. The maximum absolute atomic E-state index is 13.0.